The normalized spacial score (nSPS) is 12.2. The van der Waals surface area contributed by atoms with Gasteiger partial charge in [-0.1, -0.05) is 0 Å². The highest BCUT2D eigenvalue weighted by molar-refractivity contribution is 4.51. The number of nitriles is 1. The predicted molar refractivity (Wildman–Crippen MR) is 43.1 cm³/mol. The molecular weight excluding hydrogens is 146 g/mol. The van der Waals surface area contributed by atoms with E-state index in [0.29, 0.717) is 0 Å². The van der Waals surface area contributed by atoms with Gasteiger partial charge in [0.15, 0.2) is 0 Å². The summed E-state index contributed by atoms with van der Waals surface area (Å²) >= 11 is 0. The van der Waals surface area contributed by atoms with Crippen molar-refractivity contribution in [1.29, 1.82) is 5.26 Å². The Hall–Kier alpha value is -0.630. The standard InChI is InChI=1S/C4H8O.C2H3N.CH4O.H2O/c1-2-4-5-3-1;1-2-3;1-2;/h1-4H2;1H3;2H,1H3;1H2. The van der Waals surface area contributed by atoms with Gasteiger partial charge in [-0.2, -0.15) is 5.26 Å². The van der Waals surface area contributed by atoms with Gasteiger partial charge in [0.25, 0.3) is 0 Å². The second kappa shape index (κ2) is 22.8. The molecule has 11 heavy (non-hydrogen) atoms. The third-order valence-electron chi connectivity index (χ3n) is 0.827. The van der Waals surface area contributed by atoms with E-state index in [4.69, 9.17) is 15.1 Å². The molecule has 1 heterocycles. The maximum Gasteiger partial charge on any atom is 0.0587 e. The van der Waals surface area contributed by atoms with E-state index in [1.165, 1.54) is 19.8 Å². The fourth-order valence-corrected chi connectivity index (χ4v) is 0.510. The maximum absolute atomic E-state index is 7.32. The molecule has 1 saturated heterocycles. The van der Waals surface area contributed by atoms with Crippen LogP contribution in [0.5, 0.6) is 0 Å². The van der Waals surface area contributed by atoms with Crippen LogP contribution in [0.3, 0.4) is 0 Å². The molecule has 1 aliphatic heterocycles. The van der Waals surface area contributed by atoms with Gasteiger partial charge in [0, 0.05) is 27.2 Å². The lowest BCUT2D eigenvalue weighted by atomic mass is 10.4. The Morgan fingerprint density at radius 1 is 1.27 bits per heavy atom. The molecule has 1 fully saturated rings. The van der Waals surface area contributed by atoms with E-state index in [0.717, 1.165) is 20.3 Å². The molecular formula is C7H17NO3. The molecule has 0 aromatic heterocycles. The van der Waals surface area contributed by atoms with Gasteiger partial charge in [0.1, 0.15) is 0 Å². The van der Waals surface area contributed by atoms with Gasteiger partial charge in [0.2, 0.25) is 0 Å². The van der Waals surface area contributed by atoms with Crippen molar-refractivity contribution in [1.82, 2.24) is 0 Å². The fourth-order valence-electron chi connectivity index (χ4n) is 0.510. The summed E-state index contributed by atoms with van der Waals surface area (Å²) in [6, 6.07) is 1.75. The molecule has 0 bridgehead atoms. The van der Waals surface area contributed by atoms with Gasteiger partial charge in [-0.25, -0.2) is 0 Å². The Morgan fingerprint density at radius 3 is 1.64 bits per heavy atom. The highest BCUT2D eigenvalue weighted by Crippen LogP contribution is 1.98. The van der Waals surface area contributed by atoms with Crippen molar-refractivity contribution in [3.8, 4) is 6.07 Å². The Kier molecular flexibility index (Phi) is 34.7. The average molecular weight is 163 g/mol. The number of hydrogen-bond acceptors (Lipinski definition) is 3. The summed E-state index contributed by atoms with van der Waals surface area (Å²) in [6.45, 7) is 3.43. The zero-order valence-electron chi connectivity index (χ0n) is 7.13. The number of rotatable bonds is 0. The minimum absolute atomic E-state index is 0. The number of ether oxygens (including phenoxy) is 1. The zero-order chi connectivity index (χ0) is 8.24. The molecule has 0 radical (unpaired) electrons. The SMILES string of the molecule is C1CCOC1.CC#N.CO.O. The first-order valence-electron chi connectivity index (χ1n) is 3.25. The summed E-state index contributed by atoms with van der Waals surface area (Å²) in [5.41, 5.74) is 0. The zero-order valence-corrected chi connectivity index (χ0v) is 7.13. The highest BCUT2D eigenvalue weighted by Gasteiger charge is 1.94. The van der Waals surface area contributed by atoms with E-state index >= 15 is 0 Å². The molecule has 1 aliphatic rings. The largest absolute Gasteiger partial charge is 0.412 e. The van der Waals surface area contributed by atoms with Crippen LogP contribution in [0.2, 0.25) is 0 Å². The molecule has 1 rings (SSSR count). The van der Waals surface area contributed by atoms with Gasteiger partial charge in [-0.15, -0.1) is 0 Å². The van der Waals surface area contributed by atoms with Gasteiger partial charge in [-0.05, 0) is 12.8 Å². The van der Waals surface area contributed by atoms with Crippen molar-refractivity contribution >= 4 is 0 Å². The monoisotopic (exact) mass is 163 g/mol. The van der Waals surface area contributed by atoms with Crippen molar-refractivity contribution in [2.75, 3.05) is 20.3 Å². The van der Waals surface area contributed by atoms with E-state index < -0.39 is 0 Å². The number of nitrogens with zero attached hydrogens (tertiary/aromatic N) is 1. The smallest absolute Gasteiger partial charge is 0.0587 e. The maximum atomic E-state index is 7.32. The summed E-state index contributed by atoms with van der Waals surface area (Å²) in [4.78, 5) is 0. The quantitative estimate of drug-likeness (QED) is 0.550. The van der Waals surface area contributed by atoms with Gasteiger partial charge in [0.05, 0.1) is 6.07 Å². The van der Waals surface area contributed by atoms with Crippen molar-refractivity contribution in [2.45, 2.75) is 19.8 Å². The molecule has 0 aromatic carbocycles. The van der Waals surface area contributed by atoms with Crippen LogP contribution in [0.4, 0.5) is 0 Å². The molecule has 68 valence electrons. The summed E-state index contributed by atoms with van der Waals surface area (Å²) in [5.74, 6) is 0. The van der Waals surface area contributed by atoms with Gasteiger partial charge < -0.3 is 15.3 Å². The van der Waals surface area contributed by atoms with Crippen molar-refractivity contribution in [3.05, 3.63) is 0 Å². The van der Waals surface area contributed by atoms with Crippen molar-refractivity contribution in [3.63, 3.8) is 0 Å². The molecule has 4 nitrogen and oxygen atoms in total. The Bertz CT molecular complexity index is 68.6. The first-order valence-corrected chi connectivity index (χ1v) is 3.25. The molecule has 0 spiro atoms. The van der Waals surface area contributed by atoms with Gasteiger partial charge >= 0.3 is 0 Å². The third kappa shape index (κ3) is 26.7. The van der Waals surface area contributed by atoms with E-state index in [2.05, 4.69) is 0 Å². The van der Waals surface area contributed by atoms with Crippen LogP contribution in [0.15, 0.2) is 0 Å². The first-order chi connectivity index (χ1) is 4.91. The lowest BCUT2D eigenvalue weighted by Crippen LogP contribution is -1.74. The van der Waals surface area contributed by atoms with Crippen LogP contribution in [0.1, 0.15) is 19.8 Å². The topological polar surface area (TPSA) is 84.8 Å². The molecule has 0 unspecified atom stereocenters. The summed E-state index contributed by atoms with van der Waals surface area (Å²) < 4.78 is 4.94. The van der Waals surface area contributed by atoms with Crippen LogP contribution in [0.25, 0.3) is 0 Å². The molecule has 0 atom stereocenters. The molecule has 0 saturated carbocycles. The Morgan fingerprint density at radius 2 is 1.55 bits per heavy atom. The van der Waals surface area contributed by atoms with Crippen molar-refractivity contribution < 1.29 is 15.3 Å². The number of aliphatic hydroxyl groups excluding tert-OH is 1. The van der Waals surface area contributed by atoms with E-state index in [9.17, 15) is 0 Å². The fraction of sp³-hybridized carbons (Fsp3) is 0.857. The second-order valence-electron chi connectivity index (χ2n) is 1.54. The highest BCUT2D eigenvalue weighted by atomic mass is 16.5. The third-order valence-corrected chi connectivity index (χ3v) is 0.827. The average Bonchev–Trinajstić information content (AvgIpc) is 2.48. The minimum Gasteiger partial charge on any atom is -0.412 e. The Balaban J connectivity index is -0.0000000956. The van der Waals surface area contributed by atoms with Crippen LogP contribution in [-0.4, -0.2) is 30.9 Å². The lowest BCUT2D eigenvalue weighted by molar-refractivity contribution is 0.198. The number of aliphatic hydroxyl groups is 1. The van der Waals surface area contributed by atoms with Crippen LogP contribution in [-0.2, 0) is 4.74 Å². The first kappa shape index (κ1) is 16.8. The Labute approximate surface area is 67.7 Å². The summed E-state index contributed by atoms with van der Waals surface area (Å²) in [7, 11) is 1.00. The van der Waals surface area contributed by atoms with Gasteiger partial charge in [-0.3, -0.25) is 0 Å². The van der Waals surface area contributed by atoms with E-state index in [1.807, 2.05) is 0 Å². The molecule has 4 heteroatoms. The van der Waals surface area contributed by atoms with Crippen LogP contribution in [0, 0.1) is 11.3 Å². The molecule has 0 aromatic rings. The summed E-state index contributed by atoms with van der Waals surface area (Å²) in [5, 5.41) is 14.3. The van der Waals surface area contributed by atoms with Crippen LogP contribution >= 0.6 is 0 Å². The second-order valence-corrected chi connectivity index (χ2v) is 1.54. The number of hydrogen-bond donors (Lipinski definition) is 1. The molecule has 3 N–H and O–H groups in total. The minimum atomic E-state index is 0. The molecule has 0 amide bonds. The van der Waals surface area contributed by atoms with Crippen LogP contribution < -0.4 is 0 Å². The summed E-state index contributed by atoms with van der Waals surface area (Å²) in [6.07, 6.45) is 2.56. The predicted octanol–water partition coefficient (Wildman–Crippen LogP) is 0.110. The van der Waals surface area contributed by atoms with E-state index in [1.54, 1.807) is 6.07 Å². The molecule has 0 aliphatic carbocycles. The van der Waals surface area contributed by atoms with Crippen molar-refractivity contribution in [2.24, 2.45) is 0 Å². The lowest BCUT2D eigenvalue weighted by Gasteiger charge is -1.76. The van der Waals surface area contributed by atoms with E-state index in [-0.39, 0.29) is 5.48 Å².